The minimum atomic E-state index is -0.450. The van der Waals surface area contributed by atoms with Crippen molar-refractivity contribution in [2.45, 2.75) is 5.41 Å². The average molecular weight is 661 g/mol. The van der Waals surface area contributed by atoms with Gasteiger partial charge < -0.3 is 4.42 Å². The van der Waals surface area contributed by atoms with Crippen molar-refractivity contribution in [2.24, 2.45) is 0 Å². The van der Waals surface area contributed by atoms with E-state index in [0.717, 1.165) is 50.1 Å². The van der Waals surface area contributed by atoms with Crippen LogP contribution in [0.15, 0.2) is 199 Å². The lowest BCUT2D eigenvalue weighted by Crippen LogP contribution is -2.25. The highest BCUT2D eigenvalue weighted by atomic mass is 16.3. The predicted molar refractivity (Wildman–Crippen MR) is 214 cm³/mol. The topological polar surface area (TPSA) is 13.1 Å². The molecule has 0 radical (unpaired) electrons. The molecule has 1 aromatic heterocycles. The lowest BCUT2D eigenvalue weighted by molar-refractivity contribution is 0.602. The number of fused-ring (bicyclic) bond motifs is 11. The number of hydrogen-bond acceptors (Lipinski definition) is 1. The van der Waals surface area contributed by atoms with Crippen LogP contribution in [0.3, 0.4) is 0 Å². The summed E-state index contributed by atoms with van der Waals surface area (Å²) in [5.41, 5.74) is 16.8. The fraction of sp³-hybridized carbons (Fsp3) is 0.0196. The molecule has 0 N–H and O–H groups in total. The molecular weight excluding hydrogens is 629 g/mol. The molecule has 52 heavy (non-hydrogen) atoms. The zero-order valence-corrected chi connectivity index (χ0v) is 28.4. The molecule has 11 rings (SSSR count). The Hall–Kier alpha value is -6.70. The summed E-state index contributed by atoms with van der Waals surface area (Å²) in [6, 6.07) is 70.6. The zero-order chi connectivity index (χ0) is 34.2. The summed E-state index contributed by atoms with van der Waals surface area (Å²) in [6.07, 6.45) is 0. The third kappa shape index (κ3) is 3.94. The first-order valence-corrected chi connectivity index (χ1v) is 18.0. The maximum Gasteiger partial charge on any atom is 0.143 e. The van der Waals surface area contributed by atoms with Crippen LogP contribution in [0.25, 0.3) is 77.9 Å². The first-order valence-electron chi connectivity index (χ1n) is 18.0. The van der Waals surface area contributed by atoms with E-state index < -0.39 is 5.41 Å². The van der Waals surface area contributed by atoms with Gasteiger partial charge in [-0.15, -0.1) is 0 Å². The summed E-state index contributed by atoms with van der Waals surface area (Å²) in [7, 11) is 0. The number of benzene rings is 8. The van der Waals surface area contributed by atoms with Gasteiger partial charge in [-0.3, -0.25) is 0 Å². The molecule has 242 valence electrons. The summed E-state index contributed by atoms with van der Waals surface area (Å²) in [5, 5.41) is 2.21. The Morgan fingerprint density at radius 2 is 0.673 bits per heavy atom. The van der Waals surface area contributed by atoms with Gasteiger partial charge in [-0.25, -0.2) is 0 Å². The van der Waals surface area contributed by atoms with Crippen LogP contribution >= 0.6 is 0 Å². The number of furan rings is 1. The molecule has 0 bridgehead atoms. The van der Waals surface area contributed by atoms with Gasteiger partial charge in [-0.05, 0) is 78.9 Å². The van der Waals surface area contributed by atoms with E-state index in [1.54, 1.807) is 0 Å². The van der Waals surface area contributed by atoms with Crippen LogP contribution in [-0.4, -0.2) is 0 Å². The summed E-state index contributed by atoms with van der Waals surface area (Å²) < 4.78 is 7.29. The molecule has 1 heteroatoms. The first kappa shape index (κ1) is 29.1. The summed E-state index contributed by atoms with van der Waals surface area (Å²) >= 11 is 0. The molecule has 8 aromatic carbocycles. The van der Waals surface area contributed by atoms with Crippen LogP contribution in [-0.2, 0) is 5.41 Å². The molecule has 0 fully saturated rings. The highest BCUT2D eigenvalue weighted by Crippen LogP contribution is 2.64. The smallest absolute Gasteiger partial charge is 0.143 e. The average Bonchev–Trinajstić information content (AvgIpc) is 3.85. The molecule has 0 amide bonds. The maximum atomic E-state index is 7.29. The van der Waals surface area contributed by atoms with Gasteiger partial charge in [0.05, 0.1) is 5.41 Å². The minimum Gasteiger partial charge on any atom is -0.455 e. The Bertz CT molecular complexity index is 2790. The molecule has 0 saturated heterocycles. The van der Waals surface area contributed by atoms with Crippen molar-refractivity contribution in [3.63, 3.8) is 0 Å². The maximum absolute atomic E-state index is 7.29. The Morgan fingerprint density at radius 1 is 0.269 bits per heavy atom. The molecule has 0 aliphatic heterocycles. The third-order valence-corrected chi connectivity index (χ3v) is 11.3. The quantitative estimate of drug-likeness (QED) is 0.183. The van der Waals surface area contributed by atoms with Crippen LogP contribution in [0.5, 0.6) is 0 Å². The van der Waals surface area contributed by atoms with Crippen molar-refractivity contribution >= 4 is 10.8 Å². The van der Waals surface area contributed by atoms with E-state index in [1.165, 1.54) is 50.1 Å². The van der Waals surface area contributed by atoms with Crippen LogP contribution in [0.1, 0.15) is 22.3 Å². The zero-order valence-electron chi connectivity index (χ0n) is 28.4. The fourth-order valence-corrected chi connectivity index (χ4v) is 9.22. The Morgan fingerprint density at radius 3 is 1.23 bits per heavy atom. The Kier molecular flexibility index (Phi) is 6.23. The van der Waals surface area contributed by atoms with E-state index in [-0.39, 0.29) is 0 Å². The largest absolute Gasteiger partial charge is 0.455 e. The second-order valence-electron chi connectivity index (χ2n) is 13.9. The summed E-state index contributed by atoms with van der Waals surface area (Å²) in [6.45, 7) is 0. The van der Waals surface area contributed by atoms with Gasteiger partial charge in [0.1, 0.15) is 11.5 Å². The van der Waals surface area contributed by atoms with Crippen LogP contribution in [0.4, 0.5) is 0 Å². The number of rotatable bonds is 4. The van der Waals surface area contributed by atoms with Gasteiger partial charge in [0.2, 0.25) is 0 Å². The van der Waals surface area contributed by atoms with Crippen molar-refractivity contribution in [1.82, 2.24) is 0 Å². The SMILES string of the molecule is c1ccc(-c2ccccc2-c2oc(-c3cc4c(cc3-c3ccccc3)-c3ccccc3C43c4ccccc4-c4ccccc43)c3ccccc23)cc1. The molecule has 1 spiro atoms. The van der Waals surface area contributed by atoms with E-state index in [9.17, 15) is 0 Å². The van der Waals surface area contributed by atoms with E-state index >= 15 is 0 Å². The van der Waals surface area contributed by atoms with Gasteiger partial charge in [-0.2, -0.15) is 0 Å². The molecule has 1 heterocycles. The van der Waals surface area contributed by atoms with Crippen molar-refractivity contribution in [3.8, 4) is 67.2 Å². The monoisotopic (exact) mass is 660 g/mol. The van der Waals surface area contributed by atoms with Crippen molar-refractivity contribution in [3.05, 3.63) is 216 Å². The van der Waals surface area contributed by atoms with Gasteiger partial charge in [0.25, 0.3) is 0 Å². The van der Waals surface area contributed by atoms with Crippen LogP contribution < -0.4 is 0 Å². The molecule has 2 aliphatic rings. The van der Waals surface area contributed by atoms with Crippen LogP contribution in [0.2, 0.25) is 0 Å². The third-order valence-electron chi connectivity index (χ3n) is 11.3. The lowest BCUT2D eigenvalue weighted by Gasteiger charge is -2.31. The molecule has 9 aromatic rings. The molecule has 0 saturated carbocycles. The van der Waals surface area contributed by atoms with Gasteiger partial charge in [-0.1, -0.05) is 182 Å². The van der Waals surface area contributed by atoms with Gasteiger partial charge in [0.15, 0.2) is 0 Å². The molecule has 0 atom stereocenters. The second-order valence-corrected chi connectivity index (χ2v) is 13.9. The highest BCUT2D eigenvalue weighted by molar-refractivity contribution is 6.08. The fourth-order valence-electron chi connectivity index (χ4n) is 9.22. The van der Waals surface area contributed by atoms with Crippen molar-refractivity contribution in [2.75, 3.05) is 0 Å². The standard InChI is InChI=1S/C51H32O/c1-3-17-33(18-4-1)35-21-7-8-25-39(35)49-40-26-9-10-27-41(40)50(52-49)44-32-48-43(31-42(44)34-19-5-2-6-20-34)38-24-13-16-30-47(38)51(48)45-28-14-11-22-36(45)37-23-12-15-29-46(37)51/h1-32H. The van der Waals surface area contributed by atoms with Gasteiger partial charge in [0, 0.05) is 21.9 Å². The van der Waals surface area contributed by atoms with E-state index in [4.69, 9.17) is 4.42 Å². The summed E-state index contributed by atoms with van der Waals surface area (Å²) in [5.74, 6) is 1.78. The minimum absolute atomic E-state index is 0.450. The molecule has 1 nitrogen and oxygen atoms in total. The van der Waals surface area contributed by atoms with E-state index in [1.807, 2.05) is 0 Å². The van der Waals surface area contributed by atoms with E-state index in [2.05, 4.69) is 194 Å². The number of hydrogen-bond donors (Lipinski definition) is 0. The van der Waals surface area contributed by atoms with Crippen LogP contribution in [0, 0.1) is 0 Å². The predicted octanol–water partition coefficient (Wildman–Crippen LogP) is 13.4. The van der Waals surface area contributed by atoms with Gasteiger partial charge >= 0.3 is 0 Å². The molecule has 2 aliphatic carbocycles. The van der Waals surface area contributed by atoms with Crippen molar-refractivity contribution < 1.29 is 4.42 Å². The highest BCUT2D eigenvalue weighted by Gasteiger charge is 2.51. The van der Waals surface area contributed by atoms with E-state index in [0.29, 0.717) is 0 Å². The van der Waals surface area contributed by atoms with Crippen molar-refractivity contribution in [1.29, 1.82) is 0 Å². The normalized spacial score (nSPS) is 13.2. The second kappa shape index (κ2) is 11.2. The molecular formula is C51H32O. The Labute approximate surface area is 303 Å². The Balaban J connectivity index is 1.25. The molecule has 0 unspecified atom stereocenters. The first-order chi connectivity index (χ1) is 25.8. The lowest BCUT2D eigenvalue weighted by atomic mass is 9.70. The summed E-state index contributed by atoms with van der Waals surface area (Å²) in [4.78, 5) is 0.